The van der Waals surface area contributed by atoms with E-state index in [2.05, 4.69) is 45.7 Å². The predicted octanol–water partition coefficient (Wildman–Crippen LogP) is 4.74. The van der Waals surface area contributed by atoms with E-state index in [4.69, 9.17) is 0 Å². The molecule has 1 saturated heterocycles. The Morgan fingerprint density at radius 1 is 1.20 bits per heavy atom. The van der Waals surface area contributed by atoms with Gasteiger partial charge in [-0.05, 0) is 50.3 Å². The van der Waals surface area contributed by atoms with Crippen LogP contribution < -0.4 is 0 Å². The topological polar surface area (TPSA) is 0 Å². The Morgan fingerprint density at radius 3 is 2.33 bits per heavy atom. The summed E-state index contributed by atoms with van der Waals surface area (Å²) in [6.45, 7) is 3.77. The Bertz CT molecular complexity index is 336. The summed E-state index contributed by atoms with van der Waals surface area (Å²) in [5.74, 6) is 4.04. The molecule has 0 aliphatic carbocycles. The highest BCUT2D eigenvalue weighted by molar-refractivity contribution is 9.58. The van der Waals surface area contributed by atoms with Crippen molar-refractivity contribution in [3.05, 3.63) is 42.0 Å². The lowest BCUT2D eigenvalue weighted by Crippen LogP contribution is -1.97. The van der Waals surface area contributed by atoms with Gasteiger partial charge in [-0.2, -0.15) is 8.46 Å². The van der Waals surface area contributed by atoms with Crippen LogP contribution in [0.15, 0.2) is 30.8 Å². The first-order valence-corrected chi connectivity index (χ1v) is 9.38. The second-order valence-electron chi connectivity index (χ2n) is 4.15. The maximum Gasteiger partial charge on any atom is 0.0116 e. The van der Waals surface area contributed by atoms with Crippen molar-refractivity contribution in [1.29, 1.82) is 0 Å². The Labute approximate surface area is 101 Å². The molecule has 2 rings (SSSR count). The monoisotopic (exact) mass is 284 g/mol. The zero-order chi connectivity index (χ0) is 10.7. The van der Waals surface area contributed by atoms with E-state index in [1.807, 2.05) is 6.08 Å². The van der Waals surface area contributed by atoms with E-state index in [-0.39, 0.29) is 0 Å². The zero-order valence-corrected chi connectivity index (χ0v) is 11.3. The van der Waals surface area contributed by atoms with Gasteiger partial charge in [0.1, 0.15) is 0 Å². The summed E-state index contributed by atoms with van der Waals surface area (Å²) in [5.41, 5.74) is 2.68. The van der Waals surface area contributed by atoms with Gasteiger partial charge in [-0.1, -0.05) is 36.9 Å². The third-order valence-electron chi connectivity index (χ3n) is 2.91. The van der Waals surface area contributed by atoms with E-state index < -0.39 is 8.46 Å². The van der Waals surface area contributed by atoms with Crippen LogP contribution in [0, 0.1) is 0 Å². The van der Waals surface area contributed by atoms with Crippen LogP contribution in [0.1, 0.15) is 24.0 Å². The van der Waals surface area contributed by atoms with Crippen LogP contribution in [-0.4, -0.2) is 11.5 Å². The first-order valence-electron chi connectivity index (χ1n) is 5.39. The highest BCUT2D eigenvalue weighted by atomic mass is 79.9. The van der Waals surface area contributed by atoms with Crippen molar-refractivity contribution in [3.63, 3.8) is 0 Å². The first-order chi connectivity index (χ1) is 7.22. The van der Waals surface area contributed by atoms with Crippen LogP contribution in [-0.2, 0) is 5.75 Å². The van der Waals surface area contributed by atoms with Gasteiger partial charge >= 0.3 is 0 Å². The van der Waals surface area contributed by atoms with Crippen molar-refractivity contribution in [3.8, 4) is 0 Å². The molecule has 0 atom stereocenters. The summed E-state index contributed by atoms with van der Waals surface area (Å²) in [5, 5.41) is 0. The second-order valence-corrected chi connectivity index (χ2v) is 11.3. The summed E-state index contributed by atoms with van der Waals surface area (Å²) in [7, 11) is -0.490. The summed E-state index contributed by atoms with van der Waals surface area (Å²) in [4.78, 5) is 0. The molecule has 1 aliphatic rings. The number of hydrogen-bond donors (Lipinski definition) is 0. The molecule has 1 aliphatic heterocycles. The average molecular weight is 285 g/mol. The largest absolute Gasteiger partial charge is 0.179 e. The summed E-state index contributed by atoms with van der Waals surface area (Å²) in [6, 6.07) is 8.80. The van der Waals surface area contributed by atoms with Gasteiger partial charge < -0.3 is 0 Å². The molecular formula is C13H17BrS. The fourth-order valence-corrected chi connectivity index (χ4v) is 6.91. The maximum atomic E-state index is 3.98. The van der Waals surface area contributed by atoms with Gasteiger partial charge in [-0.25, -0.2) is 0 Å². The fourth-order valence-electron chi connectivity index (χ4n) is 2.02. The lowest BCUT2D eigenvalue weighted by molar-refractivity contribution is 0.949. The molecule has 0 bridgehead atoms. The minimum absolute atomic E-state index is 0.490. The highest BCUT2D eigenvalue weighted by Crippen LogP contribution is 2.62. The fraction of sp³-hybridized carbons (Fsp3) is 0.385. The van der Waals surface area contributed by atoms with Gasteiger partial charge in [0.15, 0.2) is 0 Å². The van der Waals surface area contributed by atoms with Crippen LogP contribution in [0.4, 0.5) is 0 Å². The van der Waals surface area contributed by atoms with Gasteiger partial charge in [0.2, 0.25) is 0 Å². The minimum atomic E-state index is -0.490. The van der Waals surface area contributed by atoms with Gasteiger partial charge in [0.05, 0.1) is 0 Å². The molecule has 0 aromatic heterocycles. The van der Waals surface area contributed by atoms with Crippen LogP contribution in [0.5, 0.6) is 0 Å². The van der Waals surface area contributed by atoms with E-state index in [1.54, 1.807) is 0 Å². The second kappa shape index (κ2) is 4.75. The maximum absolute atomic E-state index is 3.98. The molecule has 0 spiro atoms. The van der Waals surface area contributed by atoms with Gasteiger partial charge in [0, 0.05) is 5.75 Å². The Hall–Kier alpha value is -0.210. The standard InChI is InChI=1S/C13H17BrS/c1-2-12-5-7-13(8-6-12)11-15(14)9-3-4-10-15/h2,5-8H,1,3-4,9-11H2. The molecule has 1 heterocycles. The third-order valence-corrected chi connectivity index (χ3v) is 8.43. The highest BCUT2D eigenvalue weighted by Gasteiger charge is 2.25. The lowest BCUT2D eigenvalue weighted by Gasteiger charge is -2.27. The molecule has 0 amide bonds. The van der Waals surface area contributed by atoms with E-state index in [0.717, 1.165) is 0 Å². The molecule has 0 unspecified atom stereocenters. The molecule has 1 aromatic carbocycles. The van der Waals surface area contributed by atoms with Crippen molar-refractivity contribution in [2.24, 2.45) is 0 Å². The third kappa shape index (κ3) is 2.88. The molecule has 82 valence electrons. The number of benzene rings is 1. The van der Waals surface area contributed by atoms with Crippen molar-refractivity contribution in [1.82, 2.24) is 0 Å². The van der Waals surface area contributed by atoms with Gasteiger partial charge in [-0.3, -0.25) is 0 Å². The molecule has 1 aromatic rings. The SMILES string of the molecule is C=Cc1ccc(CS2(Br)CCCC2)cc1. The first kappa shape index (κ1) is 11.3. The van der Waals surface area contributed by atoms with Crippen LogP contribution in [0.3, 0.4) is 0 Å². The van der Waals surface area contributed by atoms with Crippen molar-refractivity contribution in [2.45, 2.75) is 18.6 Å². The summed E-state index contributed by atoms with van der Waals surface area (Å²) < 4.78 is 0. The molecule has 15 heavy (non-hydrogen) atoms. The molecule has 0 radical (unpaired) electrons. The molecular weight excluding hydrogens is 268 g/mol. The smallest absolute Gasteiger partial charge is 0.0116 e. The molecule has 0 nitrogen and oxygen atoms in total. The summed E-state index contributed by atoms with van der Waals surface area (Å²) in [6.07, 6.45) is 4.72. The minimum Gasteiger partial charge on any atom is -0.179 e. The molecule has 1 fully saturated rings. The van der Waals surface area contributed by atoms with Gasteiger partial charge in [0.25, 0.3) is 0 Å². The van der Waals surface area contributed by atoms with Crippen LogP contribution in [0.2, 0.25) is 0 Å². The van der Waals surface area contributed by atoms with Crippen LogP contribution in [0.25, 0.3) is 6.08 Å². The normalized spacial score (nSPS) is 21.1. The van der Waals surface area contributed by atoms with E-state index in [0.29, 0.717) is 0 Å². The molecule has 0 saturated carbocycles. The predicted molar refractivity (Wildman–Crippen MR) is 75.7 cm³/mol. The van der Waals surface area contributed by atoms with Crippen molar-refractivity contribution >= 4 is 29.4 Å². The van der Waals surface area contributed by atoms with E-state index in [9.17, 15) is 0 Å². The average Bonchev–Trinajstić information content (AvgIpc) is 2.66. The van der Waals surface area contributed by atoms with Gasteiger partial charge in [-0.15, -0.1) is 0 Å². The van der Waals surface area contributed by atoms with E-state index >= 15 is 0 Å². The van der Waals surface area contributed by atoms with Crippen molar-refractivity contribution < 1.29 is 0 Å². The number of hydrogen-bond acceptors (Lipinski definition) is 0. The van der Waals surface area contributed by atoms with Crippen LogP contribution >= 0.6 is 23.3 Å². The summed E-state index contributed by atoms with van der Waals surface area (Å²) >= 11 is 3.98. The zero-order valence-electron chi connectivity index (χ0n) is 8.92. The Kier molecular flexibility index (Phi) is 3.57. The number of halogens is 1. The lowest BCUT2D eigenvalue weighted by atomic mass is 10.1. The quantitative estimate of drug-likeness (QED) is 0.752. The Morgan fingerprint density at radius 2 is 1.80 bits per heavy atom. The van der Waals surface area contributed by atoms with E-state index in [1.165, 1.54) is 41.2 Å². The molecule has 0 N–H and O–H groups in total. The number of rotatable bonds is 3. The Balaban J connectivity index is 2.07. The van der Waals surface area contributed by atoms with Crippen molar-refractivity contribution in [2.75, 3.05) is 11.5 Å². The molecule has 2 heteroatoms.